The molecule has 2 N–H and O–H groups in total. The largest absolute Gasteiger partial charge is 0.490 e. The molecule has 10 nitrogen and oxygen atoms in total. The van der Waals surface area contributed by atoms with Crippen LogP contribution in [0.1, 0.15) is 21.5 Å². The number of nitrogens with zero attached hydrogens (tertiary/aromatic N) is 4. The van der Waals surface area contributed by atoms with Crippen LogP contribution in [0.4, 0.5) is 22.9 Å². The average molecular weight is 570 g/mol. The van der Waals surface area contributed by atoms with Crippen molar-refractivity contribution in [3.63, 3.8) is 0 Å². The molecule has 3 heterocycles. The van der Waals surface area contributed by atoms with E-state index in [0.717, 1.165) is 16.8 Å². The third-order valence-corrected chi connectivity index (χ3v) is 7.34. The molecule has 2 aromatic heterocycles. The molecule has 42 heavy (non-hydrogen) atoms. The van der Waals surface area contributed by atoms with Gasteiger partial charge in [-0.05, 0) is 60.0 Å². The van der Waals surface area contributed by atoms with Crippen LogP contribution in [0.2, 0.25) is 0 Å². The molecule has 4 aromatic rings. The number of carbonyl (C=O) groups excluding carboxylic acids is 1. The van der Waals surface area contributed by atoms with Gasteiger partial charge in [0.15, 0.2) is 0 Å². The molecule has 0 aliphatic carbocycles. The third kappa shape index (κ3) is 5.86. The number of aliphatic hydroxyl groups excluding tert-OH is 1. The average Bonchev–Trinajstić information content (AvgIpc) is 3.00. The SMILES string of the molecule is COCCOc1ccc(Nc2cc(-c3cccc(N4CCc5cc(N(C)C)ccc5C4=O)c3CO)cn(C)c2=O)nc1. The molecule has 0 bridgehead atoms. The molecule has 218 valence electrons. The third-order valence-electron chi connectivity index (χ3n) is 7.34. The van der Waals surface area contributed by atoms with Crippen molar-refractivity contribution in [1.29, 1.82) is 0 Å². The molecule has 0 fully saturated rings. The Kier molecular flexibility index (Phi) is 8.56. The Hall–Kier alpha value is -4.67. The number of carbonyl (C=O) groups is 1. The van der Waals surface area contributed by atoms with Crippen LogP contribution >= 0.6 is 0 Å². The predicted octanol–water partition coefficient (Wildman–Crippen LogP) is 3.98. The fraction of sp³-hybridized carbons (Fsp3) is 0.281. The molecular formula is C32H35N5O5. The minimum absolute atomic E-state index is 0.100. The Bertz CT molecular complexity index is 1650. The van der Waals surface area contributed by atoms with Gasteiger partial charge in [0, 0.05) is 63.4 Å². The van der Waals surface area contributed by atoms with E-state index >= 15 is 0 Å². The van der Waals surface area contributed by atoms with Crippen molar-refractivity contribution in [2.75, 3.05) is 56.1 Å². The van der Waals surface area contributed by atoms with Crippen molar-refractivity contribution in [2.24, 2.45) is 7.05 Å². The van der Waals surface area contributed by atoms with Crippen molar-refractivity contribution in [2.45, 2.75) is 13.0 Å². The van der Waals surface area contributed by atoms with Gasteiger partial charge in [-0.3, -0.25) is 9.59 Å². The van der Waals surface area contributed by atoms with Gasteiger partial charge < -0.3 is 34.3 Å². The summed E-state index contributed by atoms with van der Waals surface area (Å²) < 4.78 is 12.0. The summed E-state index contributed by atoms with van der Waals surface area (Å²) in [5, 5.41) is 13.7. The summed E-state index contributed by atoms with van der Waals surface area (Å²) in [6.07, 6.45) is 4.01. The first-order valence-electron chi connectivity index (χ1n) is 13.7. The summed E-state index contributed by atoms with van der Waals surface area (Å²) >= 11 is 0. The van der Waals surface area contributed by atoms with E-state index in [-0.39, 0.29) is 18.1 Å². The zero-order valence-corrected chi connectivity index (χ0v) is 24.3. The standard InChI is InChI=1S/C32H35N5O5/c1-35(2)23-8-10-26-21(16-23)12-13-37(31(26)39)29-7-5-6-25(27(29)20-38)22-17-28(32(40)36(3)19-22)34-30-11-9-24(18-33-30)42-15-14-41-4/h5-11,16-19,38H,12-15,20H2,1-4H3,(H,33,34). The van der Waals surface area contributed by atoms with Gasteiger partial charge in [0.2, 0.25) is 0 Å². The van der Waals surface area contributed by atoms with Gasteiger partial charge in [-0.2, -0.15) is 0 Å². The first-order chi connectivity index (χ1) is 20.3. The quantitative estimate of drug-likeness (QED) is 0.276. The maximum atomic E-state index is 13.6. The number of aryl methyl sites for hydroxylation is 1. The maximum Gasteiger partial charge on any atom is 0.274 e. The highest BCUT2D eigenvalue weighted by molar-refractivity contribution is 6.09. The van der Waals surface area contributed by atoms with E-state index in [2.05, 4.69) is 16.4 Å². The molecule has 0 saturated carbocycles. The Morgan fingerprint density at radius 1 is 1.05 bits per heavy atom. The second kappa shape index (κ2) is 12.5. The molecule has 10 heteroatoms. The van der Waals surface area contributed by atoms with Crippen LogP contribution < -0.4 is 25.4 Å². The van der Waals surface area contributed by atoms with Crippen LogP contribution in [0.15, 0.2) is 71.8 Å². The molecule has 0 radical (unpaired) electrons. The van der Waals surface area contributed by atoms with E-state index in [4.69, 9.17) is 9.47 Å². The summed E-state index contributed by atoms with van der Waals surface area (Å²) in [7, 11) is 7.23. The predicted molar refractivity (Wildman–Crippen MR) is 164 cm³/mol. The number of fused-ring (bicyclic) bond motifs is 1. The maximum absolute atomic E-state index is 13.6. The number of rotatable bonds is 10. The lowest BCUT2D eigenvalue weighted by atomic mass is 9.94. The van der Waals surface area contributed by atoms with Gasteiger partial charge in [0.1, 0.15) is 23.9 Å². The minimum atomic E-state index is -0.278. The van der Waals surface area contributed by atoms with Gasteiger partial charge >= 0.3 is 0 Å². The normalized spacial score (nSPS) is 12.7. The fourth-order valence-corrected chi connectivity index (χ4v) is 5.12. The van der Waals surface area contributed by atoms with Crippen LogP contribution in [0, 0.1) is 0 Å². The van der Waals surface area contributed by atoms with E-state index in [9.17, 15) is 14.7 Å². The van der Waals surface area contributed by atoms with Crippen LogP contribution in [-0.4, -0.2) is 61.5 Å². The zero-order chi connectivity index (χ0) is 29.8. The highest BCUT2D eigenvalue weighted by atomic mass is 16.5. The summed E-state index contributed by atoms with van der Waals surface area (Å²) in [5.41, 5.74) is 5.52. The van der Waals surface area contributed by atoms with E-state index < -0.39 is 0 Å². The molecule has 1 aliphatic rings. The molecule has 0 spiro atoms. The number of hydrogen-bond acceptors (Lipinski definition) is 8. The topological polar surface area (TPSA) is 109 Å². The molecule has 1 aliphatic heterocycles. The zero-order valence-electron chi connectivity index (χ0n) is 24.3. The van der Waals surface area contributed by atoms with Gasteiger partial charge in [-0.1, -0.05) is 12.1 Å². The molecule has 0 atom stereocenters. The molecule has 1 amide bonds. The van der Waals surface area contributed by atoms with Crippen LogP contribution in [0.5, 0.6) is 5.75 Å². The number of nitrogens with one attached hydrogen (secondary N) is 1. The second-order valence-electron chi connectivity index (χ2n) is 10.3. The van der Waals surface area contributed by atoms with Gasteiger partial charge in [-0.15, -0.1) is 0 Å². The molecule has 0 saturated heterocycles. The number of anilines is 4. The first kappa shape index (κ1) is 28.8. The first-order valence-corrected chi connectivity index (χ1v) is 13.7. The van der Waals surface area contributed by atoms with Crippen LogP contribution in [-0.2, 0) is 24.8 Å². The van der Waals surface area contributed by atoms with Crippen molar-refractivity contribution in [3.05, 3.63) is 94.0 Å². The smallest absolute Gasteiger partial charge is 0.274 e. The van der Waals surface area contributed by atoms with E-state index in [1.807, 2.05) is 49.3 Å². The number of pyridine rings is 2. The molecule has 5 rings (SSSR count). The van der Waals surface area contributed by atoms with Gasteiger partial charge in [-0.25, -0.2) is 4.98 Å². The van der Waals surface area contributed by atoms with E-state index in [1.54, 1.807) is 49.7 Å². The lowest BCUT2D eigenvalue weighted by Crippen LogP contribution is -2.38. The highest BCUT2D eigenvalue weighted by Crippen LogP contribution is 2.35. The van der Waals surface area contributed by atoms with Gasteiger partial charge in [0.25, 0.3) is 11.5 Å². The molecule has 0 unspecified atom stereocenters. The van der Waals surface area contributed by atoms with Crippen molar-refractivity contribution in [1.82, 2.24) is 9.55 Å². The van der Waals surface area contributed by atoms with Crippen molar-refractivity contribution < 1.29 is 19.4 Å². The minimum Gasteiger partial charge on any atom is -0.490 e. The van der Waals surface area contributed by atoms with Gasteiger partial charge in [0.05, 0.1) is 25.1 Å². The number of methoxy groups -OCH3 is 1. The number of hydrogen-bond donors (Lipinski definition) is 2. The van der Waals surface area contributed by atoms with Crippen molar-refractivity contribution in [3.8, 4) is 16.9 Å². The van der Waals surface area contributed by atoms with E-state index in [0.29, 0.717) is 65.8 Å². The molecular weight excluding hydrogens is 534 g/mol. The second-order valence-corrected chi connectivity index (χ2v) is 10.3. The molecule has 2 aromatic carbocycles. The summed E-state index contributed by atoms with van der Waals surface area (Å²) in [6, 6.07) is 16.7. The Labute approximate surface area is 244 Å². The summed E-state index contributed by atoms with van der Waals surface area (Å²) in [6.45, 7) is 1.10. The Morgan fingerprint density at radius 3 is 2.60 bits per heavy atom. The Morgan fingerprint density at radius 2 is 1.88 bits per heavy atom. The van der Waals surface area contributed by atoms with Crippen LogP contribution in [0.3, 0.4) is 0 Å². The fourth-order valence-electron chi connectivity index (χ4n) is 5.12. The summed E-state index contributed by atoms with van der Waals surface area (Å²) in [5.74, 6) is 0.975. The lowest BCUT2D eigenvalue weighted by molar-refractivity contribution is 0.0980. The summed E-state index contributed by atoms with van der Waals surface area (Å²) in [4.78, 5) is 34.8. The highest BCUT2D eigenvalue weighted by Gasteiger charge is 2.28. The van der Waals surface area contributed by atoms with Crippen LogP contribution in [0.25, 0.3) is 11.1 Å². The van der Waals surface area contributed by atoms with E-state index in [1.165, 1.54) is 4.57 Å². The number of aliphatic hydroxyl groups is 1. The lowest BCUT2D eigenvalue weighted by Gasteiger charge is -2.31. The number of amides is 1. The van der Waals surface area contributed by atoms with Crippen molar-refractivity contribution >= 4 is 28.8 Å². The number of benzene rings is 2. The Balaban J connectivity index is 1.45. The number of aromatic nitrogens is 2. The monoisotopic (exact) mass is 569 g/mol. The number of ether oxygens (including phenoxy) is 2.